The van der Waals surface area contributed by atoms with Crippen molar-refractivity contribution in [1.82, 2.24) is 0 Å². The van der Waals surface area contributed by atoms with E-state index in [9.17, 15) is 0 Å². The molecule has 2 aromatic carbocycles. The number of hydrogen-bond acceptors (Lipinski definition) is 8. The highest BCUT2D eigenvalue weighted by atomic mass is 15.4. The summed E-state index contributed by atoms with van der Waals surface area (Å²) in [5.41, 5.74) is 15.4. The Kier molecular flexibility index (Phi) is 5.39. The van der Waals surface area contributed by atoms with Gasteiger partial charge in [-0.05, 0) is 74.2 Å². The number of nitrogens with two attached hydrogens (primary N) is 2. The van der Waals surface area contributed by atoms with E-state index in [0.29, 0.717) is 5.96 Å². The minimum Gasteiger partial charge on any atom is -0.378 e. The number of benzene rings is 2. The molecule has 2 aliphatic rings. The zero-order valence-corrected chi connectivity index (χ0v) is 17.5. The number of guanidine groups is 2. The van der Waals surface area contributed by atoms with Crippen LogP contribution in [0.5, 0.6) is 0 Å². The molecule has 2 aromatic rings. The molecule has 0 unspecified atom stereocenters. The van der Waals surface area contributed by atoms with Gasteiger partial charge in [-0.1, -0.05) is 6.42 Å². The highest BCUT2D eigenvalue weighted by molar-refractivity contribution is 6.05. The second-order valence-electron chi connectivity index (χ2n) is 7.95. The molecule has 0 amide bonds. The van der Waals surface area contributed by atoms with E-state index in [-0.39, 0.29) is 5.96 Å². The van der Waals surface area contributed by atoms with Gasteiger partial charge in [0, 0.05) is 25.5 Å². The summed E-state index contributed by atoms with van der Waals surface area (Å²) in [5.74, 6) is 0.649. The number of nitrogens with zero attached hydrogens (tertiary/aromatic N) is 6. The highest BCUT2D eigenvalue weighted by Crippen LogP contribution is 2.39. The first-order valence-electron chi connectivity index (χ1n) is 10.3. The van der Waals surface area contributed by atoms with Crippen molar-refractivity contribution in [3.8, 4) is 0 Å². The molecule has 0 radical (unpaired) electrons. The molecule has 156 valence electrons. The van der Waals surface area contributed by atoms with E-state index >= 15 is 0 Å². The Hall–Kier alpha value is -3.42. The van der Waals surface area contributed by atoms with Crippen molar-refractivity contribution in [3.63, 3.8) is 0 Å². The van der Waals surface area contributed by atoms with Gasteiger partial charge in [0.1, 0.15) is 5.66 Å². The quantitative estimate of drug-likeness (QED) is 0.742. The lowest BCUT2D eigenvalue weighted by molar-refractivity contribution is 0.305. The molecule has 4 rings (SSSR count). The first-order chi connectivity index (χ1) is 14.5. The Balaban J connectivity index is 1.54. The lowest BCUT2D eigenvalue weighted by Gasteiger charge is -2.45. The monoisotopic (exact) mass is 404 g/mol. The zero-order valence-electron chi connectivity index (χ0n) is 17.5. The summed E-state index contributed by atoms with van der Waals surface area (Å²) < 4.78 is 0. The second kappa shape index (κ2) is 8.14. The van der Waals surface area contributed by atoms with Crippen molar-refractivity contribution in [2.24, 2.45) is 31.7 Å². The minimum atomic E-state index is -0.439. The van der Waals surface area contributed by atoms with Gasteiger partial charge in [0.05, 0.1) is 11.4 Å². The summed E-state index contributed by atoms with van der Waals surface area (Å²) in [6.07, 6.45) is 5.22. The van der Waals surface area contributed by atoms with Gasteiger partial charge in [0.15, 0.2) is 0 Å². The Labute approximate surface area is 177 Å². The van der Waals surface area contributed by atoms with E-state index in [4.69, 9.17) is 16.5 Å². The molecule has 8 heteroatoms. The van der Waals surface area contributed by atoms with Gasteiger partial charge in [0.2, 0.25) is 11.9 Å². The molecule has 4 N–H and O–H groups in total. The molecule has 1 aliphatic carbocycles. The van der Waals surface area contributed by atoms with Crippen molar-refractivity contribution in [2.45, 2.75) is 37.8 Å². The van der Waals surface area contributed by atoms with Crippen LogP contribution in [0.15, 0.2) is 68.7 Å². The predicted octanol–water partition coefficient (Wildman–Crippen LogP) is 4.28. The predicted molar refractivity (Wildman–Crippen MR) is 123 cm³/mol. The van der Waals surface area contributed by atoms with E-state index < -0.39 is 5.66 Å². The van der Waals surface area contributed by atoms with Gasteiger partial charge in [-0.3, -0.25) is 4.90 Å². The highest BCUT2D eigenvalue weighted by Gasteiger charge is 2.42. The summed E-state index contributed by atoms with van der Waals surface area (Å²) in [6, 6.07) is 15.8. The fourth-order valence-corrected chi connectivity index (χ4v) is 4.10. The van der Waals surface area contributed by atoms with Crippen LogP contribution in [0.25, 0.3) is 0 Å². The third kappa shape index (κ3) is 3.98. The summed E-state index contributed by atoms with van der Waals surface area (Å²) in [5, 5.41) is 8.69. The molecule has 1 aliphatic heterocycles. The van der Waals surface area contributed by atoms with Gasteiger partial charge in [-0.15, -0.1) is 0 Å². The fourth-order valence-electron chi connectivity index (χ4n) is 4.10. The van der Waals surface area contributed by atoms with Crippen LogP contribution < -0.4 is 21.3 Å². The molecule has 1 spiro atoms. The summed E-state index contributed by atoms with van der Waals surface area (Å²) in [6.45, 7) is 0. The van der Waals surface area contributed by atoms with E-state index in [1.807, 2.05) is 72.4 Å². The van der Waals surface area contributed by atoms with Crippen LogP contribution in [0.2, 0.25) is 0 Å². The molecular weight excluding hydrogens is 376 g/mol. The first-order valence-corrected chi connectivity index (χ1v) is 10.3. The Morgan fingerprint density at radius 3 is 2.00 bits per heavy atom. The van der Waals surface area contributed by atoms with E-state index in [1.165, 1.54) is 6.42 Å². The molecule has 1 saturated carbocycles. The average Bonchev–Trinajstić information content (AvgIpc) is 2.73. The lowest BCUT2D eigenvalue weighted by Crippen LogP contribution is -2.58. The first kappa shape index (κ1) is 19.9. The molecule has 0 saturated heterocycles. The third-order valence-electron chi connectivity index (χ3n) is 5.61. The average molecular weight is 405 g/mol. The maximum Gasteiger partial charge on any atom is 0.220 e. The smallest absolute Gasteiger partial charge is 0.220 e. The van der Waals surface area contributed by atoms with Crippen LogP contribution in [0, 0.1) is 0 Å². The van der Waals surface area contributed by atoms with Crippen LogP contribution in [0.1, 0.15) is 32.1 Å². The summed E-state index contributed by atoms with van der Waals surface area (Å²) in [4.78, 5) is 13.0. The van der Waals surface area contributed by atoms with Crippen molar-refractivity contribution < 1.29 is 0 Å². The van der Waals surface area contributed by atoms with Crippen molar-refractivity contribution in [3.05, 3.63) is 48.5 Å². The van der Waals surface area contributed by atoms with Crippen molar-refractivity contribution in [2.75, 3.05) is 23.9 Å². The second-order valence-corrected chi connectivity index (χ2v) is 7.95. The van der Waals surface area contributed by atoms with Crippen LogP contribution in [0.3, 0.4) is 0 Å². The maximum absolute atomic E-state index is 6.28. The van der Waals surface area contributed by atoms with Crippen LogP contribution in [-0.2, 0) is 0 Å². The van der Waals surface area contributed by atoms with Crippen LogP contribution >= 0.6 is 0 Å². The van der Waals surface area contributed by atoms with Crippen molar-refractivity contribution >= 4 is 34.7 Å². The molecule has 0 aromatic heterocycles. The molecular formula is C22H28N8. The SMILES string of the molecule is CN(C)c1ccc(N=Nc2ccc(N3C(N)=NC(N)=NC34CCCCC4)cc2)cc1. The third-order valence-corrected chi connectivity index (χ3v) is 5.61. The van der Waals surface area contributed by atoms with Crippen LogP contribution in [0.4, 0.5) is 22.7 Å². The fraction of sp³-hybridized carbons (Fsp3) is 0.364. The normalized spacial score (nSPS) is 18.4. The van der Waals surface area contributed by atoms with Gasteiger partial charge in [-0.2, -0.15) is 15.2 Å². The molecule has 1 heterocycles. The Morgan fingerprint density at radius 1 is 0.867 bits per heavy atom. The number of rotatable bonds is 4. The van der Waals surface area contributed by atoms with Crippen molar-refractivity contribution in [1.29, 1.82) is 0 Å². The Bertz CT molecular complexity index is 967. The maximum atomic E-state index is 6.28. The molecule has 0 bridgehead atoms. The van der Waals surface area contributed by atoms with Gasteiger partial charge in [0.25, 0.3) is 0 Å². The number of aliphatic imine (C=N–C) groups is 2. The Morgan fingerprint density at radius 2 is 1.43 bits per heavy atom. The van der Waals surface area contributed by atoms with Crippen LogP contribution in [-0.4, -0.2) is 31.7 Å². The summed E-state index contributed by atoms with van der Waals surface area (Å²) >= 11 is 0. The van der Waals surface area contributed by atoms with E-state index in [0.717, 1.165) is 48.4 Å². The largest absolute Gasteiger partial charge is 0.378 e. The number of anilines is 2. The molecule has 1 fully saturated rings. The van der Waals surface area contributed by atoms with Gasteiger partial charge >= 0.3 is 0 Å². The summed E-state index contributed by atoms with van der Waals surface area (Å²) in [7, 11) is 4.02. The zero-order chi connectivity index (χ0) is 21.1. The number of azo groups is 1. The number of hydrogen-bond donors (Lipinski definition) is 2. The molecule has 0 atom stereocenters. The molecule has 8 nitrogen and oxygen atoms in total. The standard InChI is InChI=1S/C22H28N8/c1-29(2)18-10-6-16(7-11-18)27-28-17-8-12-19(13-9-17)30-21(24)25-20(23)26-22(30)14-4-3-5-15-22/h6-13H,3-5,14-15H2,1-2H3,(H4,23,24,25,26). The topological polar surface area (TPSA) is 108 Å². The van der Waals surface area contributed by atoms with Gasteiger partial charge < -0.3 is 16.4 Å². The van der Waals surface area contributed by atoms with Gasteiger partial charge in [-0.25, -0.2) is 4.99 Å². The van der Waals surface area contributed by atoms with E-state index in [2.05, 4.69) is 15.2 Å². The van der Waals surface area contributed by atoms with E-state index in [1.54, 1.807) is 0 Å². The molecule has 30 heavy (non-hydrogen) atoms. The minimum absolute atomic E-state index is 0.261. The lowest BCUT2D eigenvalue weighted by atomic mass is 9.87.